The van der Waals surface area contributed by atoms with Gasteiger partial charge in [-0.1, -0.05) is 19.9 Å². The Hall–Kier alpha value is -1.75. The summed E-state index contributed by atoms with van der Waals surface area (Å²) < 4.78 is 11.0. The molecule has 1 heterocycles. The SMILES string of the molecule is CC(C)(CNCC(=O)O)c1ccc2c(c1)OCCO2. The molecule has 0 radical (unpaired) electrons. The lowest BCUT2D eigenvalue weighted by Gasteiger charge is -2.27. The van der Waals surface area contributed by atoms with Gasteiger partial charge in [0, 0.05) is 12.0 Å². The molecule has 2 rings (SSSR count). The minimum atomic E-state index is -0.849. The average Bonchev–Trinajstić information content (AvgIpc) is 2.37. The Balaban J connectivity index is 2.09. The molecular weight excluding hydrogens is 246 g/mol. The molecule has 0 spiro atoms. The average molecular weight is 265 g/mol. The van der Waals surface area contributed by atoms with E-state index in [0.29, 0.717) is 19.8 Å². The van der Waals surface area contributed by atoms with E-state index in [2.05, 4.69) is 19.2 Å². The van der Waals surface area contributed by atoms with E-state index < -0.39 is 5.97 Å². The highest BCUT2D eigenvalue weighted by atomic mass is 16.6. The Morgan fingerprint density at radius 2 is 2.00 bits per heavy atom. The van der Waals surface area contributed by atoms with E-state index >= 15 is 0 Å². The molecule has 5 heteroatoms. The van der Waals surface area contributed by atoms with Crippen molar-refractivity contribution in [2.75, 3.05) is 26.3 Å². The van der Waals surface area contributed by atoms with Gasteiger partial charge in [0.1, 0.15) is 13.2 Å². The van der Waals surface area contributed by atoms with E-state index in [1.165, 1.54) is 0 Å². The van der Waals surface area contributed by atoms with Crippen LogP contribution in [0.5, 0.6) is 11.5 Å². The third kappa shape index (κ3) is 3.38. The molecule has 1 aliphatic heterocycles. The fourth-order valence-electron chi connectivity index (χ4n) is 2.05. The van der Waals surface area contributed by atoms with E-state index in [1.807, 2.05) is 18.2 Å². The van der Waals surface area contributed by atoms with Crippen molar-refractivity contribution in [3.8, 4) is 11.5 Å². The van der Waals surface area contributed by atoms with Crippen LogP contribution in [0.4, 0.5) is 0 Å². The van der Waals surface area contributed by atoms with Crippen molar-refractivity contribution in [1.29, 1.82) is 0 Å². The summed E-state index contributed by atoms with van der Waals surface area (Å²) in [5, 5.41) is 11.6. The third-order valence-corrected chi connectivity index (χ3v) is 3.17. The Morgan fingerprint density at radius 3 is 2.68 bits per heavy atom. The number of ether oxygens (including phenoxy) is 2. The van der Waals surface area contributed by atoms with Crippen molar-refractivity contribution >= 4 is 5.97 Å². The van der Waals surface area contributed by atoms with E-state index in [-0.39, 0.29) is 12.0 Å². The van der Waals surface area contributed by atoms with Crippen LogP contribution in [0.15, 0.2) is 18.2 Å². The lowest BCUT2D eigenvalue weighted by atomic mass is 9.84. The Kier molecular flexibility index (Phi) is 3.95. The Labute approximate surface area is 112 Å². The summed E-state index contributed by atoms with van der Waals surface area (Å²) in [6, 6.07) is 5.87. The topological polar surface area (TPSA) is 67.8 Å². The van der Waals surface area contributed by atoms with Crippen LogP contribution >= 0.6 is 0 Å². The number of hydrogen-bond acceptors (Lipinski definition) is 4. The summed E-state index contributed by atoms with van der Waals surface area (Å²) >= 11 is 0. The lowest BCUT2D eigenvalue weighted by molar-refractivity contribution is -0.136. The van der Waals surface area contributed by atoms with Gasteiger partial charge >= 0.3 is 5.97 Å². The first-order valence-corrected chi connectivity index (χ1v) is 6.32. The highest BCUT2D eigenvalue weighted by Crippen LogP contribution is 2.34. The second-order valence-corrected chi connectivity index (χ2v) is 5.24. The molecular formula is C14H19NO4. The van der Waals surface area contributed by atoms with Gasteiger partial charge in [0.25, 0.3) is 0 Å². The molecule has 0 atom stereocenters. The number of hydrogen-bond donors (Lipinski definition) is 2. The summed E-state index contributed by atoms with van der Waals surface area (Å²) in [7, 11) is 0. The number of carboxylic acids is 1. The Morgan fingerprint density at radius 1 is 1.32 bits per heavy atom. The lowest BCUT2D eigenvalue weighted by Crippen LogP contribution is -2.35. The fraction of sp³-hybridized carbons (Fsp3) is 0.500. The van der Waals surface area contributed by atoms with Crippen molar-refractivity contribution in [3.05, 3.63) is 23.8 Å². The number of nitrogens with one attached hydrogen (secondary N) is 1. The van der Waals surface area contributed by atoms with Crippen LogP contribution in [-0.4, -0.2) is 37.4 Å². The van der Waals surface area contributed by atoms with Gasteiger partial charge in [0.2, 0.25) is 0 Å². The first-order valence-electron chi connectivity index (χ1n) is 6.32. The van der Waals surface area contributed by atoms with E-state index in [0.717, 1.165) is 17.1 Å². The van der Waals surface area contributed by atoms with Crippen molar-refractivity contribution in [2.24, 2.45) is 0 Å². The zero-order valence-electron chi connectivity index (χ0n) is 11.2. The molecule has 1 aromatic rings. The summed E-state index contributed by atoms with van der Waals surface area (Å²) in [4.78, 5) is 10.5. The maximum Gasteiger partial charge on any atom is 0.317 e. The first-order chi connectivity index (χ1) is 8.99. The van der Waals surface area contributed by atoms with Gasteiger partial charge in [-0.25, -0.2) is 0 Å². The maximum absolute atomic E-state index is 10.5. The van der Waals surface area contributed by atoms with E-state index in [1.54, 1.807) is 0 Å². The molecule has 0 aromatic heterocycles. The van der Waals surface area contributed by atoms with Crippen LogP contribution in [0, 0.1) is 0 Å². The van der Waals surface area contributed by atoms with Crippen LogP contribution in [0.3, 0.4) is 0 Å². The standard InChI is InChI=1S/C14H19NO4/c1-14(2,9-15-8-13(16)17)10-3-4-11-12(7-10)19-6-5-18-11/h3-4,7,15H,5-6,8-9H2,1-2H3,(H,16,17). The minimum absolute atomic E-state index is 0.0337. The summed E-state index contributed by atoms with van der Waals surface area (Å²) in [5.41, 5.74) is 0.917. The van der Waals surface area contributed by atoms with Crippen molar-refractivity contribution in [3.63, 3.8) is 0 Å². The molecule has 0 saturated carbocycles. The molecule has 5 nitrogen and oxygen atoms in total. The molecule has 0 aliphatic carbocycles. The molecule has 19 heavy (non-hydrogen) atoms. The van der Waals surface area contributed by atoms with Crippen LogP contribution in [0.25, 0.3) is 0 Å². The van der Waals surface area contributed by atoms with E-state index in [4.69, 9.17) is 14.6 Å². The molecule has 0 unspecified atom stereocenters. The quantitative estimate of drug-likeness (QED) is 0.842. The number of carboxylic acid groups (broad SMARTS) is 1. The normalized spacial score (nSPS) is 14.2. The number of rotatable bonds is 5. The van der Waals surface area contributed by atoms with Gasteiger partial charge in [-0.15, -0.1) is 0 Å². The molecule has 0 saturated heterocycles. The molecule has 0 fully saturated rings. The highest BCUT2D eigenvalue weighted by molar-refractivity contribution is 5.69. The number of aliphatic carboxylic acids is 1. The van der Waals surface area contributed by atoms with Crippen LogP contribution < -0.4 is 14.8 Å². The third-order valence-electron chi connectivity index (χ3n) is 3.17. The molecule has 1 aliphatic rings. The first kappa shape index (κ1) is 13.7. The zero-order chi connectivity index (χ0) is 13.9. The maximum atomic E-state index is 10.5. The predicted molar refractivity (Wildman–Crippen MR) is 71.0 cm³/mol. The molecule has 1 aromatic carbocycles. The highest BCUT2D eigenvalue weighted by Gasteiger charge is 2.23. The van der Waals surface area contributed by atoms with Gasteiger partial charge in [0.15, 0.2) is 11.5 Å². The molecule has 104 valence electrons. The largest absolute Gasteiger partial charge is 0.486 e. The van der Waals surface area contributed by atoms with Gasteiger partial charge in [-0.05, 0) is 17.7 Å². The van der Waals surface area contributed by atoms with Crippen molar-refractivity contribution < 1.29 is 19.4 Å². The number of carbonyl (C=O) groups is 1. The second-order valence-electron chi connectivity index (χ2n) is 5.24. The van der Waals surface area contributed by atoms with Gasteiger partial charge in [-0.3, -0.25) is 4.79 Å². The summed E-state index contributed by atoms with van der Waals surface area (Å²) in [5.74, 6) is 0.678. The summed E-state index contributed by atoms with van der Waals surface area (Å²) in [6.45, 7) is 5.82. The second kappa shape index (κ2) is 5.48. The molecule has 0 amide bonds. The summed E-state index contributed by atoms with van der Waals surface area (Å²) in [6.07, 6.45) is 0. The smallest absolute Gasteiger partial charge is 0.317 e. The fourth-order valence-corrected chi connectivity index (χ4v) is 2.05. The van der Waals surface area contributed by atoms with Gasteiger partial charge < -0.3 is 19.9 Å². The molecule has 0 bridgehead atoms. The van der Waals surface area contributed by atoms with Crippen LogP contribution in [0.2, 0.25) is 0 Å². The van der Waals surface area contributed by atoms with Crippen LogP contribution in [0.1, 0.15) is 19.4 Å². The number of fused-ring (bicyclic) bond motifs is 1. The van der Waals surface area contributed by atoms with Gasteiger partial charge in [-0.2, -0.15) is 0 Å². The zero-order valence-corrected chi connectivity index (χ0v) is 11.2. The Bertz CT molecular complexity index is 471. The van der Waals surface area contributed by atoms with Gasteiger partial charge in [0.05, 0.1) is 6.54 Å². The van der Waals surface area contributed by atoms with Crippen molar-refractivity contribution in [1.82, 2.24) is 5.32 Å². The van der Waals surface area contributed by atoms with Crippen LogP contribution in [-0.2, 0) is 10.2 Å². The number of benzene rings is 1. The predicted octanol–water partition coefficient (Wildman–Crippen LogP) is 1.41. The monoisotopic (exact) mass is 265 g/mol. The minimum Gasteiger partial charge on any atom is -0.486 e. The van der Waals surface area contributed by atoms with Crippen molar-refractivity contribution in [2.45, 2.75) is 19.3 Å². The molecule has 2 N–H and O–H groups in total. The van der Waals surface area contributed by atoms with E-state index in [9.17, 15) is 4.79 Å².